The van der Waals surface area contributed by atoms with Crippen LogP contribution in [0.4, 0.5) is 15.8 Å². The van der Waals surface area contributed by atoms with Gasteiger partial charge in [0.2, 0.25) is 0 Å². The average molecular weight is 281 g/mol. The number of sulfonamides is 1. The Morgan fingerprint density at radius 1 is 1.32 bits per heavy atom. The Morgan fingerprint density at radius 3 is 2.74 bits per heavy atom. The molecule has 0 amide bonds. The Kier molecular flexibility index (Phi) is 3.39. The number of rotatable bonds is 3. The van der Waals surface area contributed by atoms with Crippen LogP contribution in [-0.4, -0.2) is 13.4 Å². The van der Waals surface area contributed by atoms with Gasteiger partial charge in [-0.3, -0.25) is 9.71 Å². The Hall–Kier alpha value is -2.15. The molecule has 0 unspecified atom stereocenters. The zero-order valence-electron chi connectivity index (χ0n) is 10.1. The summed E-state index contributed by atoms with van der Waals surface area (Å²) in [4.78, 5) is 3.46. The zero-order valence-corrected chi connectivity index (χ0v) is 10.9. The van der Waals surface area contributed by atoms with E-state index >= 15 is 0 Å². The van der Waals surface area contributed by atoms with Crippen LogP contribution in [-0.2, 0) is 10.0 Å². The lowest BCUT2D eigenvalue weighted by molar-refractivity contribution is 0.570. The molecular formula is C12H12FN3O2S. The second-order valence-electron chi connectivity index (χ2n) is 3.93. The van der Waals surface area contributed by atoms with Crippen LogP contribution < -0.4 is 10.5 Å². The predicted molar refractivity (Wildman–Crippen MR) is 70.6 cm³/mol. The SMILES string of the molecule is Cc1ncccc1NS(=O)(=O)c1cc(N)ccc1F. The molecule has 0 fully saturated rings. The second-order valence-corrected chi connectivity index (χ2v) is 5.58. The van der Waals surface area contributed by atoms with Crippen molar-refractivity contribution in [3.8, 4) is 0 Å². The minimum atomic E-state index is -4.03. The molecule has 0 aliphatic rings. The van der Waals surface area contributed by atoms with E-state index in [0.717, 1.165) is 12.1 Å². The molecule has 0 spiro atoms. The topological polar surface area (TPSA) is 85.1 Å². The van der Waals surface area contributed by atoms with Crippen molar-refractivity contribution in [2.45, 2.75) is 11.8 Å². The fourth-order valence-electron chi connectivity index (χ4n) is 1.52. The lowest BCUT2D eigenvalue weighted by Gasteiger charge is -2.10. The van der Waals surface area contributed by atoms with E-state index in [-0.39, 0.29) is 5.69 Å². The highest BCUT2D eigenvalue weighted by Crippen LogP contribution is 2.22. The first-order valence-corrected chi connectivity index (χ1v) is 6.88. The Balaban J connectivity index is 2.44. The van der Waals surface area contributed by atoms with E-state index < -0.39 is 20.7 Å². The summed E-state index contributed by atoms with van der Waals surface area (Å²) < 4.78 is 40.0. The molecule has 7 heteroatoms. The number of pyridine rings is 1. The Labute approximate surface area is 110 Å². The van der Waals surface area contributed by atoms with E-state index in [2.05, 4.69) is 9.71 Å². The van der Waals surface area contributed by atoms with Crippen molar-refractivity contribution >= 4 is 21.4 Å². The van der Waals surface area contributed by atoms with E-state index in [0.29, 0.717) is 11.4 Å². The molecule has 100 valence electrons. The van der Waals surface area contributed by atoms with E-state index in [9.17, 15) is 12.8 Å². The molecule has 0 saturated heterocycles. The number of benzene rings is 1. The molecule has 0 aliphatic heterocycles. The molecule has 0 atom stereocenters. The van der Waals surface area contributed by atoms with Gasteiger partial charge in [0, 0.05) is 11.9 Å². The van der Waals surface area contributed by atoms with Crippen molar-refractivity contribution in [1.82, 2.24) is 4.98 Å². The number of halogens is 1. The largest absolute Gasteiger partial charge is 0.399 e. The number of aromatic nitrogens is 1. The van der Waals surface area contributed by atoms with Crippen molar-refractivity contribution in [2.24, 2.45) is 0 Å². The van der Waals surface area contributed by atoms with Gasteiger partial charge >= 0.3 is 0 Å². The van der Waals surface area contributed by atoms with Crippen LogP contribution in [0.2, 0.25) is 0 Å². The van der Waals surface area contributed by atoms with Crippen LogP contribution in [0, 0.1) is 12.7 Å². The highest BCUT2D eigenvalue weighted by molar-refractivity contribution is 7.92. The summed E-state index contributed by atoms with van der Waals surface area (Å²) in [6, 6.07) is 6.51. The first-order chi connectivity index (χ1) is 8.90. The summed E-state index contributed by atoms with van der Waals surface area (Å²) in [7, 11) is -4.03. The molecular weight excluding hydrogens is 269 g/mol. The number of hydrogen-bond donors (Lipinski definition) is 2. The third-order valence-electron chi connectivity index (χ3n) is 2.50. The number of anilines is 2. The van der Waals surface area contributed by atoms with Crippen molar-refractivity contribution in [3.63, 3.8) is 0 Å². The smallest absolute Gasteiger partial charge is 0.264 e. The minimum Gasteiger partial charge on any atom is -0.399 e. The predicted octanol–water partition coefficient (Wildman–Crippen LogP) is 1.91. The van der Waals surface area contributed by atoms with Crippen LogP contribution in [0.1, 0.15) is 5.69 Å². The average Bonchev–Trinajstić information content (AvgIpc) is 2.35. The third kappa shape index (κ3) is 2.82. The van der Waals surface area contributed by atoms with Gasteiger partial charge in [0.1, 0.15) is 10.7 Å². The molecule has 5 nitrogen and oxygen atoms in total. The van der Waals surface area contributed by atoms with Gasteiger partial charge in [0.25, 0.3) is 10.0 Å². The van der Waals surface area contributed by atoms with Gasteiger partial charge in [-0.2, -0.15) is 0 Å². The van der Waals surface area contributed by atoms with Crippen LogP contribution in [0.15, 0.2) is 41.4 Å². The summed E-state index contributed by atoms with van der Waals surface area (Å²) in [6.07, 6.45) is 1.54. The quantitative estimate of drug-likeness (QED) is 0.842. The minimum absolute atomic E-state index is 0.171. The van der Waals surface area contributed by atoms with Crippen LogP contribution in [0.25, 0.3) is 0 Å². The molecule has 19 heavy (non-hydrogen) atoms. The fraction of sp³-hybridized carbons (Fsp3) is 0.0833. The number of aryl methyl sites for hydroxylation is 1. The van der Waals surface area contributed by atoms with Crippen molar-refractivity contribution in [3.05, 3.63) is 48.0 Å². The first kappa shape index (κ1) is 13.3. The molecule has 0 radical (unpaired) electrons. The van der Waals surface area contributed by atoms with Gasteiger partial charge in [-0.1, -0.05) is 0 Å². The summed E-state index contributed by atoms with van der Waals surface area (Å²) in [6.45, 7) is 1.65. The molecule has 1 heterocycles. The van der Waals surface area contributed by atoms with Gasteiger partial charge in [0.05, 0.1) is 11.4 Å². The second kappa shape index (κ2) is 4.85. The lowest BCUT2D eigenvalue weighted by Crippen LogP contribution is -2.16. The first-order valence-electron chi connectivity index (χ1n) is 5.39. The third-order valence-corrected chi connectivity index (χ3v) is 3.88. The number of nitrogen functional groups attached to an aromatic ring is 1. The molecule has 0 aliphatic carbocycles. The van der Waals surface area contributed by atoms with Crippen LogP contribution in [0.3, 0.4) is 0 Å². The monoisotopic (exact) mass is 281 g/mol. The maximum absolute atomic E-state index is 13.6. The van der Waals surface area contributed by atoms with E-state index in [1.807, 2.05) is 0 Å². The number of nitrogens with one attached hydrogen (secondary N) is 1. The van der Waals surface area contributed by atoms with Gasteiger partial charge in [-0.15, -0.1) is 0 Å². The normalized spacial score (nSPS) is 11.3. The molecule has 0 bridgehead atoms. The standard InChI is InChI=1S/C12H12FN3O2S/c1-8-11(3-2-6-15-8)16-19(17,18)12-7-9(14)4-5-10(12)13/h2-7,16H,14H2,1H3. The summed E-state index contributed by atoms with van der Waals surface area (Å²) in [5.74, 6) is -0.858. The molecule has 3 N–H and O–H groups in total. The molecule has 1 aromatic heterocycles. The number of nitrogens with zero attached hydrogens (tertiary/aromatic N) is 1. The molecule has 2 aromatic rings. The number of nitrogens with two attached hydrogens (primary N) is 1. The maximum Gasteiger partial charge on any atom is 0.264 e. The van der Waals surface area contributed by atoms with E-state index in [1.165, 1.54) is 12.3 Å². The fourth-order valence-corrected chi connectivity index (χ4v) is 2.75. The number of hydrogen-bond acceptors (Lipinski definition) is 4. The maximum atomic E-state index is 13.6. The van der Waals surface area contributed by atoms with E-state index in [4.69, 9.17) is 5.73 Å². The van der Waals surface area contributed by atoms with Crippen LogP contribution >= 0.6 is 0 Å². The lowest BCUT2D eigenvalue weighted by atomic mass is 10.3. The Bertz CT molecular complexity index is 717. The van der Waals surface area contributed by atoms with Gasteiger partial charge < -0.3 is 5.73 Å². The van der Waals surface area contributed by atoms with Crippen molar-refractivity contribution < 1.29 is 12.8 Å². The summed E-state index contributed by atoms with van der Waals surface area (Å²) in [5.41, 5.74) is 6.44. The molecule has 2 rings (SSSR count). The van der Waals surface area contributed by atoms with Crippen molar-refractivity contribution in [2.75, 3.05) is 10.5 Å². The zero-order chi connectivity index (χ0) is 14.0. The molecule has 1 aromatic carbocycles. The highest BCUT2D eigenvalue weighted by atomic mass is 32.2. The summed E-state index contributed by atoms with van der Waals surface area (Å²) in [5, 5.41) is 0. The van der Waals surface area contributed by atoms with Gasteiger partial charge in [0.15, 0.2) is 0 Å². The Morgan fingerprint density at radius 2 is 2.05 bits per heavy atom. The van der Waals surface area contributed by atoms with Gasteiger partial charge in [-0.25, -0.2) is 12.8 Å². The van der Waals surface area contributed by atoms with Crippen LogP contribution in [0.5, 0.6) is 0 Å². The summed E-state index contributed by atoms with van der Waals surface area (Å²) >= 11 is 0. The highest BCUT2D eigenvalue weighted by Gasteiger charge is 2.20. The van der Waals surface area contributed by atoms with E-state index in [1.54, 1.807) is 19.1 Å². The molecule has 0 saturated carbocycles. The van der Waals surface area contributed by atoms with Crippen molar-refractivity contribution in [1.29, 1.82) is 0 Å². The van der Waals surface area contributed by atoms with Gasteiger partial charge in [-0.05, 0) is 37.3 Å².